The first kappa shape index (κ1) is 18.7. The predicted octanol–water partition coefficient (Wildman–Crippen LogP) is 4.62. The molecule has 3 heterocycles. The van der Waals surface area contributed by atoms with Crippen molar-refractivity contribution in [1.82, 2.24) is 19.2 Å². The van der Waals surface area contributed by atoms with E-state index >= 15 is 0 Å². The molecule has 0 N–H and O–H groups in total. The van der Waals surface area contributed by atoms with Gasteiger partial charge in [-0.3, -0.25) is 4.79 Å². The van der Waals surface area contributed by atoms with Gasteiger partial charge in [-0.25, -0.2) is 14.1 Å². The molecule has 6 heteroatoms. The fraction of sp³-hybridized carbons (Fsp3) is 0.0385. The Kier molecular flexibility index (Phi) is 4.26. The summed E-state index contributed by atoms with van der Waals surface area (Å²) in [6.45, 7) is 2.06. The van der Waals surface area contributed by atoms with Crippen LogP contribution in [0, 0.1) is 6.92 Å². The van der Waals surface area contributed by atoms with Gasteiger partial charge in [-0.1, -0.05) is 71.5 Å². The zero-order valence-electron chi connectivity index (χ0n) is 17.3. The molecule has 6 aromatic rings. The van der Waals surface area contributed by atoms with E-state index in [1.165, 1.54) is 16.9 Å². The van der Waals surface area contributed by atoms with Crippen LogP contribution >= 0.6 is 11.3 Å². The fourth-order valence-electron chi connectivity index (χ4n) is 3.89. The van der Waals surface area contributed by atoms with Crippen molar-refractivity contribution in [1.29, 1.82) is 0 Å². The molecule has 32 heavy (non-hydrogen) atoms. The van der Waals surface area contributed by atoms with Crippen molar-refractivity contribution in [3.63, 3.8) is 0 Å². The molecule has 0 saturated carbocycles. The summed E-state index contributed by atoms with van der Waals surface area (Å²) in [6.07, 6.45) is 3.91. The molecule has 5 nitrogen and oxygen atoms in total. The Balaban J connectivity index is 1.58. The van der Waals surface area contributed by atoms with E-state index in [1.54, 1.807) is 4.40 Å². The summed E-state index contributed by atoms with van der Waals surface area (Å²) in [5.41, 5.74) is 6.51. The smallest absolute Gasteiger partial charge is 0.267 e. The monoisotopic (exact) mass is 434 g/mol. The number of benzene rings is 3. The SMILES string of the molecule is Cc1ccc(-c2nn(-c3ccccc3)cc2/C=c2/sc3nc4ccccc4n3c2=O)cc1. The Morgan fingerprint density at radius 1 is 0.906 bits per heavy atom. The van der Waals surface area contributed by atoms with Crippen LogP contribution in [0.1, 0.15) is 11.1 Å². The van der Waals surface area contributed by atoms with Gasteiger partial charge in [-0.15, -0.1) is 0 Å². The van der Waals surface area contributed by atoms with Crippen molar-refractivity contribution in [3.8, 4) is 16.9 Å². The minimum Gasteiger partial charge on any atom is -0.267 e. The molecule has 0 aliphatic rings. The third-order valence-corrected chi connectivity index (χ3v) is 6.49. The number of hydrogen-bond acceptors (Lipinski definition) is 4. The molecule has 154 valence electrons. The third-order valence-electron chi connectivity index (χ3n) is 5.52. The first-order chi connectivity index (χ1) is 15.7. The second kappa shape index (κ2) is 7.28. The van der Waals surface area contributed by atoms with Gasteiger partial charge in [0.1, 0.15) is 0 Å². The quantitative estimate of drug-likeness (QED) is 0.408. The number of aryl methyl sites for hydroxylation is 1. The lowest BCUT2D eigenvalue weighted by atomic mass is 10.1. The van der Waals surface area contributed by atoms with E-state index in [0.717, 1.165) is 33.5 Å². The van der Waals surface area contributed by atoms with Gasteiger partial charge in [0.05, 0.1) is 26.9 Å². The van der Waals surface area contributed by atoms with Gasteiger partial charge in [-0.05, 0) is 37.3 Å². The van der Waals surface area contributed by atoms with E-state index in [1.807, 2.05) is 71.6 Å². The molecule has 0 atom stereocenters. The highest BCUT2D eigenvalue weighted by molar-refractivity contribution is 7.15. The number of para-hydroxylation sites is 3. The van der Waals surface area contributed by atoms with Crippen LogP contribution in [0.2, 0.25) is 0 Å². The van der Waals surface area contributed by atoms with Crippen LogP contribution in [0.4, 0.5) is 0 Å². The van der Waals surface area contributed by atoms with Crippen LogP contribution < -0.4 is 10.1 Å². The average molecular weight is 435 g/mol. The number of rotatable bonds is 3. The van der Waals surface area contributed by atoms with Gasteiger partial charge in [0.25, 0.3) is 5.56 Å². The lowest BCUT2D eigenvalue weighted by Crippen LogP contribution is -2.22. The summed E-state index contributed by atoms with van der Waals surface area (Å²) < 4.78 is 4.19. The van der Waals surface area contributed by atoms with Crippen LogP contribution in [0.15, 0.2) is 89.9 Å². The van der Waals surface area contributed by atoms with Crippen LogP contribution in [0.5, 0.6) is 0 Å². The molecule has 0 fully saturated rings. The maximum Gasteiger partial charge on any atom is 0.274 e. The topological polar surface area (TPSA) is 52.2 Å². The number of aromatic nitrogens is 4. The Hall–Kier alpha value is -4.03. The van der Waals surface area contributed by atoms with Crippen molar-refractivity contribution < 1.29 is 0 Å². The second-order valence-corrected chi connectivity index (χ2v) is 8.72. The van der Waals surface area contributed by atoms with Crippen LogP contribution in [-0.4, -0.2) is 19.2 Å². The number of fused-ring (bicyclic) bond motifs is 3. The normalized spacial score (nSPS) is 12.2. The molecule has 0 amide bonds. The van der Waals surface area contributed by atoms with Gasteiger partial charge >= 0.3 is 0 Å². The second-order valence-electron chi connectivity index (χ2n) is 7.71. The Morgan fingerprint density at radius 3 is 2.47 bits per heavy atom. The van der Waals surface area contributed by atoms with Crippen molar-refractivity contribution in [2.24, 2.45) is 0 Å². The first-order valence-electron chi connectivity index (χ1n) is 10.3. The van der Waals surface area contributed by atoms with E-state index in [9.17, 15) is 4.79 Å². The predicted molar refractivity (Wildman–Crippen MR) is 129 cm³/mol. The van der Waals surface area contributed by atoms with Crippen LogP contribution in [0.3, 0.4) is 0 Å². The number of thiazole rings is 1. The van der Waals surface area contributed by atoms with Gasteiger partial charge in [0.15, 0.2) is 4.96 Å². The summed E-state index contributed by atoms with van der Waals surface area (Å²) in [6, 6.07) is 26.0. The summed E-state index contributed by atoms with van der Waals surface area (Å²) in [5, 5.41) is 4.86. The fourth-order valence-corrected chi connectivity index (χ4v) is 4.87. The maximum atomic E-state index is 13.3. The number of imidazole rings is 1. The van der Waals surface area contributed by atoms with Gasteiger partial charge in [0.2, 0.25) is 0 Å². The molecule has 3 aromatic carbocycles. The molecule has 0 radical (unpaired) electrons. The highest BCUT2D eigenvalue weighted by Gasteiger charge is 2.14. The van der Waals surface area contributed by atoms with Crippen LogP contribution in [-0.2, 0) is 0 Å². The molecule has 0 bridgehead atoms. The van der Waals surface area contributed by atoms with Gasteiger partial charge < -0.3 is 0 Å². The maximum absolute atomic E-state index is 13.3. The van der Waals surface area contributed by atoms with E-state index in [-0.39, 0.29) is 5.56 Å². The Bertz CT molecular complexity index is 1690. The molecule has 3 aromatic heterocycles. The minimum atomic E-state index is -0.0546. The van der Waals surface area contributed by atoms with E-state index < -0.39 is 0 Å². The molecule has 0 aliphatic heterocycles. The number of nitrogens with zero attached hydrogens (tertiary/aromatic N) is 4. The summed E-state index contributed by atoms with van der Waals surface area (Å²) in [4.78, 5) is 18.6. The standard InChI is InChI=1S/C26H18N4OS/c1-17-11-13-18(14-12-17)24-19(16-29(28-24)20-7-3-2-4-8-20)15-23-25(31)30-22-10-6-5-9-21(22)27-26(30)32-23/h2-16H,1H3/b23-15+. The van der Waals surface area contributed by atoms with Crippen molar-refractivity contribution in [2.45, 2.75) is 6.92 Å². The first-order valence-corrected chi connectivity index (χ1v) is 11.1. The summed E-state index contributed by atoms with van der Waals surface area (Å²) in [7, 11) is 0. The average Bonchev–Trinajstić information content (AvgIpc) is 3.48. The highest BCUT2D eigenvalue weighted by Crippen LogP contribution is 2.25. The van der Waals surface area contributed by atoms with Crippen molar-refractivity contribution in [2.75, 3.05) is 0 Å². The summed E-state index contributed by atoms with van der Waals surface area (Å²) >= 11 is 1.40. The third kappa shape index (κ3) is 3.04. The lowest BCUT2D eigenvalue weighted by molar-refractivity contribution is 0.884. The Labute approximate surface area is 187 Å². The van der Waals surface area contributed by atoms with Crippen LogP contribution in [0.25, 0.3) is 39.0 Å². The lowest BCUT2D eigenvalue weighted by Gasteiger charge is -2.01. The molecule has 6 rings (SSSR count). The van der Waals surface area contributed by atoms with Gasteiger partial charge in [-0.2, -0.15) is 5.10 Å². The molecule has 0 saturated heterocycles. The van der Waals surface area contributed by atoms with E-state index in [4.69, 9.17) is 5.10 Å². The Morgan fingerprint density at radius 2 is 1.66 bits per heavy atom. The molecular formula is C26H18N4OS. The molecule has 0 spiro atoms. The zero-order valence-corrected chi connectivity index (χ0v) is 18.1. The van der Waals surface area contributed by atoms with Gasteiger partial charge in [0, 0.05) is 17.3 Å². The van der Waals surface area contributed by atoms with Crippen molar-refractivity contribution in [3.05, 3.63) is 111 Å². The number of hydrogen-bond donors (Lipinski definition) is 0. The largest absolute Gasteiger partial charge is 0.274 e. The van der Waals surface area contributed by atoms with E-state index in [0.29, 0.717) is 9.49 Å². The van der Waals surface area contributed by atoms with Crippen molar-refractivity contribution >= 4 is 33.4 Å². The highest BCUT2D eigenvalue weighted by atomic mass is 32.1. The zero-order chi connectivity index (χ0) is 21.7. The van der Waals surface area contributed by atoms with E-state index in [2.05, 4.69) is 36.2 Å². The molecular weight excluding hydrogens is 416 g/mol. The molecule has 0 aliphatic carbocycles. The minimum absolute atomic E-state index is 0.0546. The summed E-state index contributed by atoms with van der Waals surface area (Å²) in [5.74, 6) is 0. The molecule has 0 unspecified atom stereocenters.